The molecule has 3 atom stereocenters. The number of hydrogen-bond acceptors (Lipinski definition) is 5. The van der Waals surface area contributed by atoms with Gasteiger partial charge in [-0.05, 0) is 18.6 Å². The van der Waals surface area contributed by atoms with E-state index in [4.69, 9.17) is 4.74 Å². The number of nitrogens with zero attached hydrogens (tertiary/aromatic N) is 3. The molecule has 1 aromatic rings. The minimum Gasteiger partial charge on any atom is -0.383 e. The SMILES string of the molecule is COCCN1C(=O)C[C@@H](CN[C@H]2CCCSC2)[C@@H]1c1cnn(C)c1. The third-order valence-electron chi connectivity index (χ3n) is 4.97. The lowest BCUT2D eigenvalue weighted by molar-refractivity contribution is -0.129. The van der Waals surface area contributed by atoms with E-state index in [-0.39, 0.29) is 11.9 Å². The standard InChI is InChI=1S/C17H28N4O2S/c1-20-11-14(10-19-20)17-13(8-16(22)21(17)5-6-23-2)9-18-15-4-3-7-24-12-15/h10-11,13,15,17-18H,3-9,12H2,1-2H3/t13-,15-,17+/m0/s1. The zero-order chi connectivity index (χ0) is 16.9. The first kappa shape index (κ1) is 17.8. The monoisotopic (exact) mass is 352 g/mol. The van der Waals surface area contributed by atoms with Crippen LogP contribution in [0.5, 0.6) is 0 Å². The molecule has 2 aliphatic heterocycles. The van der Waals surface area contributed by atoms with E-state index >= 15 is 0 Å². The highest BCUT2D eigenvalue weighted by Crippen LogP contribution is 2.37. The maximum Gasteiger partial charge on any atom is 0.223 e. The van der Waals surface area contributed by atoms with Gasteiger partial charge in [0.1, 0.15) is 0 Å². The number of ether oxygens (including phenoxy) is 1. The van der Waals surface area contributed by atoms with Gasteiger partial charge in [-0.25, -0.2) is 0 Å². The van der Waals surface area contributed by atoms with Gasteiger partial charge in [-0.15, -0.1) is 0 Å². The van der Waals surface area contributed by atoms with Gasteiger partial charge in [0.2, 0.25) is 5.91 Å². The molecular weight excluding hydrogens is 324 g/mol. The molecule has 2 saturated heterocycles. The zero-order valence-corrected chi connectivity index (χ0v) is 15.4. The molecule has 0 bridgehead atoms. The molecule has 0 saturated carbocycles. The number of thioether (sulfide) groups is 1. The molecule has 7 heteroatoms. The van der Waals surface area contributed by atoms with E-state index < -0.39 is 0 Å². The summed E-state index contributed by atoms with van der Waals surface area (Å²) in [5.74, 6) is 2.99. The van der Waals surface area contributed by atoms with Crippen molar-refractivity contribution in [1.82, 2.24) is 20.0 Å². The van der Waals surface area contributed by atoms with E-state index in [2.05, 4.69) is 10.4 Å². The predicted molar refractivity (Wildman–Crippen MR) is 96.0 cm³/mol. The van der Waals surface area contributed by atoms with E-state index in [9.17, 15) is 4.79 Å². The van der Waals surface area contributed by atoms with Crippen LogP contribution >= 0.6 is 11.8 Å². The Morgan fingerprint density at radius 3 is 3.04 bits per heavy atom. The number of nitrogens with one attached hydrogen (secondary N) is 1. The molecule has 1 amide bonds. The van der Waals surface area contributed by atoms with Crippen molar-refractivity contribution in [2.24, 2.45) is 13.0 Å². The molecule has 6 nitrogen and oxygen atoms in total. The Bertz CT molecular complexity index is 544. The predicted octanol–water partition coefficient (Wildman–Crippen LogP) is 1.44. The van der Waals surface area contributed by atoms with Gasteiger partial charge in [0.15, 0.2) is 0 Å². The highest BCUT2D eigenvalue weighted by molar-refractivity contribution is 7.99. The number of amides is 1. The minimum atomic E-state index is 0.102. The second-order valence-corrected chi connectivity index (χ2v) is 7.91. The summed E-state index contributed by atoms with van der Waals surface area (Å²) in [6.07, 6.45) is 7.08. The lowest BCUT2D eigenvalue weighted by Gasteiger charge is -2.29. The lowest BCUT2D eigenvalue weighted by atomic mass is 9.95. The molecule has 3 heterocycles. The Labute approximate surface area is 148 Å². The largest absolute Gasteiger partial charge is 0.383 e. The van der Waals surface area contributed by atoms with E-state index in [1.807, 2.05) is 40.8 Å². The molecule has 0 radical (unpaired) electrons. The van der Waals surface area contributed by atoms with Gasteiger partial charge < -0.3 is 15.0 Å². The van der Waals surface area contributed by atoms with Gasteiger partial charge >= 0.3 is 0 Å². The first-order valence-corrected chi connectivity index (χ1v) is 9.92. The van der Waals surface area contributed by atoms with Crippen molar-refractivity contribution in [1.29, 1.82) is 0 Å². The molecule has 2 aliphatic rings. The van der Waals surface area contributed by atoms with Crippen LogP contribution in [0.25, 0.3) is 0 Å². The van der Waals surface area contributed by atoms with Crippen molar-refractivity contribution in [3.63, 3.8) is 0 Å². The molecule has 2 fully saturated rings. The van der Waals surface area contributed by atoms with Crippen LogP contribution in [0.2, 0.25) is 0 Å². The number of aromatic nitrogens is 2. The summed E-state index contributed by atoms with van der Waals surface area (Å²) in [5.41, 5.74) is 1.13. The smallest absolute Gasteiger partial charge is 0.223 e. The minimum absolute atomic E-state index is 0.102. The second kappa shape index (κ2) is 8.36. The molecule has 1 aromatic heterocycles. The molecule has 0 unspecified atom stereocenters. The lowest BCUT2D eigenvalue weighted by Crippen LogP contribution is -2.39. The number of rotatable bonds is 7. The van der Waals surface area contributed by atoms with Crippen molar-refractivity contribution in [2.45, 2.75) is 31.3 Å². The van der Waals surface area contributed by atoms with Crippen LogP contribution in [-0.2, 0) is 16.6 Å². The normalized spacial score (nSPS) is 27.8. The van der Waals surface area contributed by atoms with Gasteiger partial charge in [0.25, 0.3) is 0 Å². The molecule has 134 valence electrons. The average Bonchev–Trinajstić information content (AvgIpc) is 3.15. The molecular formula is C17H28N4O2S. The fourth-order valence-corrected chi connectivity index (χ4v) is 4.87. The van der Waals surface area contributed by atoms with Crippen molar-refractivity contribution < 1.29 is 9.53 Å². The Hall–Kier alpha value is -1.05. The molecule has 0 aliphatic carbocycles. The van der Waals surface area contributed by atoms with Gasteiger partial charge in [-0.2, -0.15) is 16.9 Å². The number of hydrogen-bond donors (Lipinski definition) is 1. The van der Waals surface area contributed by atoms with Crippen LogP contribution < -0.4 is 5.32 Å². The van der Waals surface area contributed by atoms with Crippen LogP contribution in [-0.4, -0.2) is 64.9 Å². The van der Waals surface area contributed by atoms with Crippen molar-refractivity contribution >= 4 is 17.7 Å². The fourth-order valence-electron chi connectivity index (χ4n) is 3.76. The van der Waals surface area contributed by atoms with E-state index in [1.165, 1.54) is 24.3 Å². The first-order chi connectivity index (χ1) is 11.7. The molecule has 1 N–H and O–H groups in total. The number of likely N-dealkylation sites (tertiary alicyclic amines) is 1. The van der Waals surface area contributed by atoms with Crippen LogP contribution in [0, 0.1) is 5.92 Å². The maximum atomic E-state index is 12.5. The highest BCUT2D eigenvalue weighted by atomic mass is 32.2. The quantitative estimate of drug-likeness (QED) is 0.805. The fraction of sp³-hybridized carbons (Fsp3) is 0.765. The maximum absolute atomic E-state index is 12.5. The number of methoxy groups -OCH3 is 1. The Morgan fingerprint density at radius 2 is 2.38 bits per heavy atom. The molecule has 3 rings (SSSR count). The summed E-state index contributed by atoms with van der Waals surface area (Å²) in [7, 11) is 3.60. The Kier molecular flexibility index (Phi) is 6.19. The molecule has 0 spiro atoms. The summed E-state index contributed by atoms with van der Waals surface area (Å²) >= 11 is 2.03. The summed E-state index contributed by atoms with van der Waals surface area (Å²) in [4.78, 5) is 14.5. The Balaban J connectivity index is 1.69. The molecule has 0 aromatic carbocycles. The third-order valence-corrected chi connectivity index (χ3v) is 6.19. The van der Waals surface area contributed by atoms with Gasteiger partial charge in [0, 0.05) is 63.1 Å². The number of aryl methyl sites for hydroxylation is 1. The van der Waals surface area contributed by atoms with Gasteiger partial charge in [-0.3, -0.25) is 9.48 Å². The molecule has 24 heavy (non-hydrogen) atoms. The van der Waals surface area contributed by atoms with Crippen LogP contribution in [0.1, 0.15) is 30.9 Å². The highest BCUT2D eigenvalue weighted by Gasteiger charge is 2.40. The van der Waals surface area contributed by atoms with E-state index in [0.29, 0.717) is 31.5 Å². The van der Waals surface area contributed by atoms with Gasteiger partial charge in [0.05, 0.1) is 18.8 Å². The van der Waals surface area contributed by atoms with Crippen LogP contribution in [0.15, 0.2) is 12.4 Å². The zero-order valence-electron chi connectivity index (χ0n) is 14.6. The van der Waals surface area contributed by atoms with Crippen LogP contribution in [0.4, 0.5) is 0 Å². The second-order valence-electron chi connectivity index (χ2n) is 6.76. The number of carbonyl (C=O) groups is 1. The van der Waals surface area contributed by atoms with Crippen molar-refractivity contribution in [3.8, 4) is 0 Å². The summed E-state index contributed by atoms with van der Waals surface area (Å²) in [6.45, 7) is 2.10. The first-order valence-electron chi connectivity index (χ1n) is 8.77. The van der Waals surface area contributed by atoms with Crippen molar-refractivity contribution in [3.05, 3.63) is 18.0 Å². The third kappa shape index (κ3) is 4.13. The summed E-state index contributed by atoms with van der Waals surface area (Å²) in [6, 6.07) is 0.687. The Morgan fingerprint density at radius 1 is 1.50 bits per heavy atom. The number of carbonyl (C=O) groups excluding carboxylic acids is 1. The van der Waals surface area contributed by atoms with Crippen molar-refractivity contribution in [2.75, 3.05) is 38.3 Å². The average molecular weight is 353 g/mol. The van der Waals surface area contributed by atoms with E-state index in [0.717, 1.165) is 12.1 Å². The topological polar surface area (TPSA) is 59.4 Å². The van der Waals surface area contributed by atoms with Gasteiger partial charge in [-0.1, -0.05) is 0 Å². The summed E-state index contributed by atoms with van der Waals surface area (Å²) < 4.78 is 7.01. The van der Waals surface area contributed by atoms with E-state index in [1.54, 1.807) is 7.11 Å². The van der Waals surface area contributed by atoms with Crippen LogP contribution in [0.3, 0.4) is 0 Å². The summed E-state index contributed by atoms with van der Waals surface area (Å²) in [5, 5.41) is 8.02.